The number of carbonyl (C=O) groups is 1. The minimum Gasteiger partial charge on any atom is -0.469 e. The Bertz CT molecular complexity index is 903. The van der Waals surface area contributed by atoms with Gasteiger partial charge in [-0.3, -0.25) is 4.79 Å². The van der Waals surface area contributed by atoms with E-state index in [2.05, 4.69) is 20.8 Å². The molecule has 0 aliphatic heterocycles. The summed E-state index contributed by atoms with van der Waals surface area (Å²) in [6.45, 7) is 5.20. The fourth-order valence-corrected chi connectivity index (χ4v) is 2.32. The Morgan fingerprint density at radius 1 is 1.24 bits per heavy atom. The molecule has 0 fully saturated rings. The maximum atomic E-state index is 14.0. The Labute approximate surface area is 143 Å². The van der Waals surface area contributed by atoms with Gasteiger partial charge in [-0.2, -0.15) is 0 Å². The van der Waals surface area contributed by atoms with Gasteiger partial charge in [-0.25, -0.2) is 4.39 Å². The third kappa shape index (κ3) is 3.68. The lowest BCUT2D eigenvalue weighted by atomic mass is 10.2. The number of furan rings is 1. The zero-order valence-corrected chi connectivity index (χ0v) is 14.0. The second-order valence-electron chi connectivity index (χ2n) is 5.56. The van der Waals surface area contributed by atoms with Gasteiger partial charge in [0.15, 0.2) is 0 Å². The average Bonchev–Trinajstić information content (AvgIpc) is 3.19. The van der Waals surface area contributed by atoms with Crippen molar-refractivity contribution in [1.82, 2.24) is 10.2 Å². The molecule has 1 aromatic carbocycles. The van der Waals surface area contributed by atoms with Gasteiger partial charge < -0.3 is 19.5 Å². The van der Waals surface area contributed by atoms with E-state index in [9.17, 15) is 9.18 Å². The molecule has 7 nitrogen and oxygen atoms in total. The number of rotatable bonds is 5. The third-order valence-corrected chi connectivity index (χ3v) is 3.61. The molecule has 1 amide bonds. The SMILES string of the molecule is Cc1nnc([C@H](C)Nc2ccc(F)c(NC(=O)c3ccoc3C)c2)o1. The molecule has 0 bridgehead atoms. The molecule has 1 atom stereocenters. The van der Waals surface area contributed by atoms with Crippen LogP contribution in [0, 0.1) is 19.7 Å². The normalized spacial score (nSPS) is 12.0. The van der Waals surface area contributed by atoms with Crippen molar-refractivity contribution < 1.29 is 18.0 Å². The minimum atomic E-state index is -0.540. The molecular formula is C17H17FN4O3. The maximum absolute atomic E-state index is 14.0. The van der Waals surface area contributed by atoms with Crippen molar-refractivity contribution in [3.05, 3.63) is 59.5 Å². The van der Waals surface area contributed by atoms with Crippen molar-refractivity contribution in [1.29, 1.82) is 0 Å². The summed E-state index contributed by atoms with van der Waals surface area (Å²) in [7, 11) is 0. The Kier molecular flexibility index (Phi) is 4.51. The van der Waals surface area contributed by atoms with E-state index in [4.69, 9.17) is 8.83 Å². The van der Waals surface area contributed by atoms with Gasteiger partial charge >= 0.3 is 0 Å². The molecule has 0 radical (unpaired) electrons. The molecule has 3 rings (SSSR count). The maximum Gasteiger partial charge on any atom is 0.259 e. The number of aryl methyl sites for hydroxylation is 2. The lowest BCUT2D eigenvalue weighted by Crippen LogP contribution is -2.14. The number of carbonyl (C=O) groups excluding carboxylic acids is 1. The number of hydrogen-bond donors (Lipinski definition) is 2. The summed E-state index contributed by atoms with van der Waals surface area (Å²) < 4.78 is 24.5. The standard InChI is InChI=1S/C17H17FN4O3/c1-9(17-22-21-11(3)25-17)19-12-4-5-14(18)15(8-12)20-16(23)13-6-7-24-10(13)2/h4-9,19H,1-3H3,(H,20,23)/t9-/m0/s1. The van der Waals surface area contributed by atoms with Crippen LogP contribution in [-0.4, -0.2) is 16.1 Å². The lowest BCUT2D eigenvalue weighted by Gasteiger charge is -2.13. The van der Waals surface area contributed by atoms with Gasteiger partial charge in [-0.1, -0.05) is 0 Å². The van der Waals surface area contributed by atoms with Crippen LogP contribution in [0.15, 0.2) is 39.4 Å². The second-order valence-corrected chi connectivity index (χ2v) is 5.56. The quantitative estimate of drug-likeness (QED) is 0.730. The summed E-state index contributed by atoms with van der Waals surface area (Å²) in [5, 5.41) is 13.4. The van der Waals surface area contributed by atoms with E-state index in [-0.39, 0.29) is 11.7 Å². The first-order valence-corrected chi connectivity index (χ1v) is 7.65. The summed E-state index contributed by atoms with van der Waals surface area (Å²) in [5.74, 6) is 0.365. The van der Waals surface area contributed by atoms with E-state index < -0.39 is 11.7 Å². The number of anilines is 2. The number of nitrogens with one attached hydrogen (secondary N) is 2. The summed E-state index contributed by atoms with van der Waals surface area (Å²) in [4.78, 5) is 12.2. The Balaban J connectivity index is 1.76. The largest absolute Gasteiger partial charge is 0.469 e. The van der Waals surface area contributed by atoms with Gasteiger partial charge in [0.2, 0.25) is 11.8 Å². The smallest absolute Gasteiger partial charge is 0.259 e. The summed E-state index contributed by atoms with van der Waals surface area (Å²) in [5.41, 5.74) is 1.01. The first kappa shape index (κ1) is 16.7. The predicted octanol–water partition coefficient (Wildman–Crippen LogP) is 3.84. The van der Waals surface area contributed by atoms with Crippen LogP contribution >= 0.6 is 0 Å². The minimum absolute atomic E-state index is 0.0597. The lowest BCUT2D eigenvalue weighted by molar-refractivity contribution is 0.102. The zero-order chi connectivity index (χ0) is 18.0. The summed E-state index contributed by atoms with van der Waals surface area (Å²) in [6.07, 6.45) is 1.41. The predicted molar refractivity (Wildman–Crippen MR) is 88.9 cm³/mol. The van der Waals surface area contributed by atoms with Crippen LogP contribution in [-0.2, 0) is 0 Å². The first-order valence-electron chi connectivity index (χ1n) is 7.65. The van der Waals surface area contributed by atoms with Crippen LogP contribution in [0.2, 0.25) is 0 Å². The summed E-state index contributed by atoms with van der Waals surface area (Å²) >= 11 is 0. The van der Waals surface area contributed by atoms with Crippen molar-refractivity contribution in [2.75, 3.05) is 10.6 Å². The molecule has 8 heteroatoms. The average molecular weight is 344 g/mol. The Morgan fingerprint density at radius 3 is 2.68 bits per heavy atom. The fourth-order valence-electron chi connectivity index (χ4n) is 2.32. The van der Waals surface area contributed by atoms with Crippen LogP contribution in [0.1, 0.15) is 40.9 Å². The summed E-state index contributed by atoms with van der Waals surface area (Å²) in [6, 6.07) is 5.60. The second kappa shape index (κ2) is 6.76. The van der Waals surface area contributed by atoms with Crippen LogP contribution in [0.4, 0.5) is 15.8 Å². The van der Waals surface area contributed by atoms with Crippen molar-refractivity contribution >= 4 is 17.3 Å². The van der Waals surface area contributed by atoms with E-state index >= 15 is 0 Å². The van der Waals surface area contributed by atoms with Gasteiger partial charge in [0.25, 0.3) is 5.91 Å². The van der Waals surface area contributed by atoms with E-state index in [0.717, 1.165) is 0 Å². The molecule has 0 saturated carbocycles. The van der Waals surface area contributed by atoms with Crippen molar-refractivity contribution in [3.63, 3.8) is 0 Å². The van der Waals surface area contributed by atoms with Crippen molar-refractivity contribution in [2.45, 2.75) is 26.8 Å². The highest BCUT2D eigenvalue weighted by Crippen LogP contribution is 2.24. The number of amides is 1. The van der Waals surface area contributed by atoms with Crippen molar-refractivity contribution in [3.8, 4) is 0 Å². The third-order valence-electron chi connectivity index (χ3n) is 3.61. The van der Waals surface area contributed by atoms with Gasteiger partial charge in [0.1, 0.15) is 17.6 Å². The molecule has 130 valence electrons. The number of nitrogens with zero attached hydrogens (tertiary/aromatic N) is 2. The highest BCUT2D eigenvalue weighted by molar-refractivity contribution is 6.05. The molecular weight excluding hydrogens is 327 g/mol. The molecule has 25 heavy (non-hydrogen) atoms. The molecule has 0 aliphatic carbocycles. The molecule has 0 saturated heterocycles. The molecule has 3 aromatic rings. The molecule has 0 aliphatic rings. The molecule has 2 aromatic heterocycles. The van der Waals surface area contributed by atoms with Gasteiger partial charge in [-0.15, -0.1) is 10.2 Å². The Hall–Kier alpha value is -3.16. The van der Waals surface area contributed by atoms with E-state index in [1.165, 1.54) is 24.5 Å². The van der Waals surface area contributed by atoms with Crippen LogP contribution in [0.3, 0.4) is 0 Å². The van der Waals surface area contributed by atoms with Crippen molar-refractivity contribution in [2.24, 2.45) is 0 Å². The highest BCUT2D eigenvalue weighted by Gasteiger charge is 2.16. The van der Waals surface area contributed by atoms with Gasteiger partial charge in [0.05, 0.1) is 17.5 Å². The van der Waals surface area contributed by atoms with E-state index in [1.807, 2.05) is 6.92 Å². The molecule has 0 unspecified atom stereocenters. The Morgan fingerprint density at radius 2 is 2.04 bits per heavy atom. The van der Waals surface area contributed by atoms with Gasteiger partial charge in [-0.05, 0) is 38.1 Å². The number of hydrogen-bond acceptors (Lipinski definition) is 6. The zero-order valence-electron chi connectivity index (χ0n) is 14.0. The number of halogens is 1. The van der Waals surface area contributed by atoms with Crippen LogP contribution in [0.5, 0.6) is 0 Å². The number of aromatic nitrogens is 2. The number of benzene rings is 1. The molecule has 2 heterocycles. The van der Waals surface area contributed by atoms with Gasteiger partial charge in [0, 0.05) is 12.6 Å². The molecule has 2 N–H and O–H groups in total. The fraction of sp³-hybridized carbons (Fsp3) is 0.235. The van der Waals surface area contributed by atoms with E-state index in [1.54, 1.807) is 19.9 Å². The topological polar surface area (TPSA) is 93.2 Å². The van der Waals surface area contributed by atoms with E-state index in [0.29, 0.717) is 28.8 Å². The van der Waals surface area contributed by atoms with Crippen LogP contribution in [0.25, 0.3) is 0 Å². The first-order chi connectivity index (χ1) is 11.9. The highest BCUT2D eigenvalue weighted by atomic mass is 19.1. The van der Waals surface area contributed by atoms with Crippen LogP contribution < -0.4 is 10.6 Å². The monoisotopic (exact) mass is 344 g/mol. The molecule has 0 spiro atoms.